The second-order valence-electron chi connectivity index (χ2n) is 11.9. The first-order valence-electron chi connectivity index (χ1n) is 14.7. The summed E-state index contributed by atoms with van der Waals surface area (Å²) in [6.45, 7) is 9.78. The molecular weight excluding hydrogens is 538 g/mol. The van der Waals surface area contributed by atoms with Crippen molar-refractivity contribution >= 4 is 34.1 Å². The third-order valence-corrected chi connectivity index (χ3v) is 7.75. The number of hydrogen-bond acceptors (Lipinski definition) is 6. The number of amides is 2. The quantitative estimate of drug-likeness (QED) is 0.196. The molecule has 220 valence electrons. The van der Waals surface area contributed by atoms with Crippen LogP contribution in [0.25, 0.3) is 27.6 Å². The number of carbonyl (C=O) groups excluding carboxylic acids is 1. The number of benzene rings is 2. The van der Waals surface area contributed by atoms with E-state index in [1.807, 2.05) is 67.7 Å². The summed E-state index contributed by atoms with van der Waals surface area (Å²) in [7, 11) is 0. The van der Waals surface area contributed by atoms with Crippen molar-refractivity contribution in [3.63, 3.8) is 0 Å². The minimum Gasteiger partial charge on any atom is -0.381 e. The Labute approximate surface area is 251 Å². The van der Waals surface area contributed by atoms with E-state index in [0.717, 1.165) is 70.8 Å². The lowest BCUT2D eigenvalue weighted by Crippen LogP contribution is -2.28. The van der Waals surface area contributed by atoms with Crippen LogP contribution in [0, 0.1) is 6.92 Å². The van der Waals surface area contributed by atoms with Gasteiger partial charge >= 0.3 is 6.03 Å². The summed E-state index contributed by atoms with van der Waals surface area (Å²) in [5.74, 6) is 1.44. The monoisotopic (exact) mass is 575 g/mol. The number of rotatable bonds is 6. The fourth-order valence-corrected chi connectivity index (χ4v) is 5.34. The molecule has 0 bridgehead atoms. The fraction of sp³-hybridized carbons (Fsp3) is 0.294. The summed E-state index contributed by atoms with van der Waals surface area (Å²) in [5, 5.41) is 16.4. The van der Waals surface area contributed by atoms with Crippen LogP contribution in [0.5, 0.6) is 0 Å². The molecule has 43 heavy (non-hydrogen) atoms. The maximum absolute atomic E-state index is 13.4. The summed E-state index contributed by atoms with van der Waals surface area (Å²) in [4.78, 5) is 22.5. The lowest BCUT2D eigenvalue weighted by Gasteiger charge is -2.23. The molecule has 1 aliphatic rings. The summed E-state index contributed by atoms with van der Waals surface area (Å²) in [6.07, 6.45) is 5.62. The van der Waals surface area contributed by atoms with E-state index in [1.165, 1.54) is 0 Å². The number of carbonyl (C=O) groups is 1. The number of pyridine rings is 2. The van der Waals surface area contributed by atoms with Gasteiger partial charge in [0.1, 0.15) is 11.6 Å². The van der Waals surface area contributed by atoms with Crippen molar-refractivity contribution in [2.45, 2.75) is 52.0 Å². The zero-order valence-electron chi connectivity index (χ0n) is 25.0. The average molecular weight is 576 g/mol. The summed E-state index contributed by atoms with van der Waals surface area (Å²) in [5.41, 5.74) is 5.06. The van der Waals surface area contributed by atoms with Gasteiger partial charge < -0.3 is 15.4 Å². The highest BCUT2D eigenvalue weighted by molar-refractivity contribution is 6.09. The summed E-state index contributed by atoms with van der Waals surface area (Å²) < 4.78 is 7.21. The molecule has 0 saturated carbocycles. The highest BCUT2D eigenvalue weighted by Gasteiger charge is 2.23. The number of aromatic nitrogens is 4. The van der Waals surface area contributed by atoms with Gasteiger partial charge in [-0.05, 0) is 61.0 Å². The van der Waals surface area contributed by atoms with Gasteiger partial charge in [-0.2, -0.15) is 5.10 Å². The first-order chi connectivity index (χ1) is 20.8. The first kappa shape index (κ1) is 28.4. The summed E-state index contributed by atoms with van der Waals surface area (Å²) in [6, 6.07) is 21.9. The minimum absolute atomic E-state index is 0.200. The summed E-state index contributed by atoms with van der Waals surface area (Å²) >= 11 is 0. The third-order valence-electron chi connectivity index (χ3n) is 7.75. The molecule has 0 radical (unpaired) electrons. The third kappa shape index (κ3) is 6.22. The van der Waals surface area contributed by atoms with E-state index in [2.05, 4.69) is 58.8 Å². The Bertz CT molecular complexity index is 1750. The molecule has 5 aromatic rings. The Hall–Kier alpha value is -4.76. The van der Waals surface area contributed by atoms with Crippen LogP contribution >= 0.6 is 0 Å². The fourth-order valence-electron chi connectivity index (χ4n) is 5.34. The predicted molar refractivity (Wildman–Crippen MR) is 172 cm³/mol. The van der Waals surface area contributed by atoms with Crippen LogP contribution < -0.4 is 16.0 Å². The topological polar surface area (TPSA) is 106 Å². The first-order valence-corrected chi connectivity index (χ1v) is 14.7. The number of hydrogen-bond donors (Lipinski definition) is 3. The van der Waals surface area contributed by atoms with Crippen molar-refractivity contribution < 1.29 is 9.53 Å². The number of anilines is 3. The van der Waals surface area contributed by atoms with Crippen LogP contribution in [0.2, 0.25) is 0 Å². The van der Waals surface area contributed by atoms with Gasteiger partial charge in [-0.1, -0.05) is 51.1 Å². The van der Waals surface area contributed by atoms with Crippen LogP contribution in [0.4, 0.5) is 22.1 Å². The van der Waals surface area contributed by atoms with E-state index in [9.17, 15) is 4.79 Å². The van der Waals surface area contributed by atoms with Gasteiger partial charge in [0.2, 0.25) is 0 Å². The predicted octanol–water partition coefficient (Wildman–Crippen LogP) is 7.32. The number of ether oxygens (including phenoxy) is 1. The number of nitrogens with one attached hydrogen (secondary N) is 3. The molecule has 0 unspecified atom stereocenters. The highest BCUT2D eigenvalue weighted by atomic mass is 16.5. The maximum Gasteiger partial charge on any atom is 0.324 e. The molecule has 3 N–H and O–H groups in total. The van der Waals surface area contributed by atoms with Gasteiger partial charge in [-0.15, -0.1) is 0 Å². The van der Waals surface area contributed by atoms with Gasteiger partial charge in [0.05, 0.1) is 22.8 Å². The molecule has 3 aromatic heterocycles. The van der Waals surface area contributed by atoms with Crippen molar-refractivity contribution in [3.05, 3.63) is 90.5 Å². The Balaban J connectivity index is 1.25. The minimum atomic E-state index is -0.355. The number of nitrogens with zero attached hydrogens (tertiary/aromatic N) is 4. The molecule has 0 aliphatic carbocycles. The molecule has 4 heterocycles. The van der Waals surface area contributed by atoms with Crippen molar-refractivity contribution in [1.82, 2.24) is 19.7 Å². The number of aryl methyl sites for hydroxylation is 1. The zero-order chi connectivity index (χ0) is 30.0. The van der Waals surface area contributed by atoms with Gasteiger partial charge in [-0.3, -0.25) is 10.3 Å². The van der Waals surface area contributed by atoms with E-state index < -0.39 is 0 Å². The maximum atomic E-state index is 13.4. The molecule has 2 amide bonds. The second kappa shape index (κ2) is 11.9. The molecule has 6 rings (SSSR count). The Morgan fingerprint density at radius 3 is 2.44 bits per heavy atom. The van der Waals surface area contributed by atoms with Crippen LogP contribution in [0.15, 0.2) is 79.1 Å². The molecule has 9 nitrogen and oxygen atoms in total. The van der Waals surface area contributed by atoms with E-state index >= 15 is 0 Å². The van der Waals surface area contributed by atoms with E-state index in [1.54, 1.807) is 10.9 Å². The van der Waals surface area contributed by atoms with E-state index in [-0.39, 0.29) is 11.4 Å². The molecule has 0 spiro atoms. The lowest BCUT2D eigenvalue weighted by atomic mass is 9.92. The lowest BCUT2D eigenvalue weighted by molar-refractivity contribution is 0.0904. The standard InChI is InChI=1S/C34H37N7O2/c1-22-29(10-7-17-35-22)41-32(20-30(40-41)34(2,3)4)39-33(42)38-28-13-12-25(26-8-5-6-9-27(26)28)23-11-14-31(36-21-23)37-24-15-18-43-19-16-24/h5-14,17,20-21,24H,15-16,18-19H2,1-4H3,(H,36,37)(H2,38,39,42). The number of fused-ring (bicyclic) bond motifs is 1. The van der Waals surface area contributed by atoms with Gasteiger partial charge in [0.15, 0.2) is 0 Å². The Kier molecular flexibility index (Phi) is 7.82. The van der Waals surface area contributed by atoms with Gasteiger partial charge in [0.25, 0.3) is 0 Å². The molecule has 9 heteroatoms. The number of urea groups is 1. The van der Waals surface area contributed by atoms with Crippen LogP contribution in [0.3, 0.4) is 0 Å². The molecule has 1 aliphatic heterocycles. The molecule has 0 atom stereocenters. The second-order valence-corrected chi connectivity index (χ2v) is 11.9. The van der Waals surface area contributed by atoms with Crippen molar-refractivity contribution in [2.24, 2.45) is 0 Å². The van der Waals surface area contributed by atoms with E-state index in [4.69, 9.17) is 9.84 Å². The van der Waals surface area contributed by atoms with Gasteiger partial charge in [0, 0.05) is 54.1 Å². The van der Waals surface area contributed by atoms with Crippen molar-refractivity contribution in [2.75, 3.05) is 29.2 Å². The smallest absolute Gasteiger partial charge is 0.324 e. The zero-order valence-corrected chi connectivity index (χ0v) is 25.0. The van der Waals surface area contributed by atoms with Crippen LogP contribution in [-0.2, 0) is 10.2 Å². The Morgan fingerprint density at radius 1 is 0.930 bits per heavy atom. The van der Waals surface area contributed by atoms with Crippen LogP contribution in [0.1, 0.15) is 45.0 Å². The average Bonchev–Trinajstić information content (AvgIpc) is 3.43. The molecule has 1 fully saturated rings. The van der Waals surface area contributed by atoms with Crippen LogP contribution in [-0.4, -0.2) is 45.0 Å². The largest absolute Gasteiger partial charge is 0.381 e. The van der Waals surface area contributed by atoms with Crippen molar-refractivity contribution in [1.29, 1.82) is 0 Å². The van der Waals surface area contributed by atoms with Gasteiger partial charge in [-0.25, -0.2) is 14.5 Å². The molecule has 2 aromatic carbocycles. The SMILES string of the molecule is Cc1ncccc1-n1nc(C(C)(C)C)cc1NC(=O)Nc1ccc(-c2ccc(NC3CCOCC3)nc2)c2ccccc12. The normalized spacial score (nSPS) is 14.0. The molecule has 1 saturated heterocycles. The van der Waals surface area contributed by atoms with E-state index in [0.29, 0.717) is 17.5 Å². The molecular formula is C34H37N7O2. The highest BCUT2D eigenvalue weighted by Crippen LogP contribution is 2.34. The Morgan fingerprint density at radius 2 is 1.72 bits per heavy atom. The van der Waals surface area contributed by atoms with Crippen molar-refractivity contribution in [3.8, 4) is 16.8 Å².